The predicted octanol–water partition coefficient (Wildman–Crippen LogP) is 2.44. The Labute approximate surface area is 97.9 Å². The first-order chi connectivity index (χ1) is 7.49. The molecular weight excluding hydrogens is 200 g/mol. The zero-order chi connectivity index (χ0) is 12.1. The maximum absolute atomic E-state index is 8.83. The monoisotopic (exact) mass is 222 g/mol. The van der Waals surface area contributed by atoms with Gasteiger partial charge < -0.3 is 10.2 Å². The van der Waals surface area contributed by atoms with Crippen LogP contribution in [0.5, 0.6) is 0 Å². The van der Waals surface area contributed by atoms with E-state index in [0.29, 0.717) is 12.3 Å². The summed E-state index contributed by atoms with van der Waals surface area (Å²) < 4.78 is 0. The highest BCUT2D eigenvalue weighted by molar-refractivity contribution is 5.31. The van der Waals surface area contributed by atoms with Crippen LogP contribution in [0.25, 0.3) is 0 Å². The highest BCUT2D eigenvalue weighted by Gasteiger charge is 2.04. The van der Waals surface area contributed by atoms with E-state index in [-0.39, 0.29) is 0 Å². The van der Waals surface area contributed by atoms with Crippen molar-refractivity contribution in [3.63, 3.8) is 0 Å². The van der Waals surface area contributed by atoms with Crippen LogP contribution < -0.4 is 0 Å². The van der Waals surface area contributed by atoms with E-state index < -0.39 is 6.29 Å². The van der Waals surface area contributed by atoms with E-state index in [1.807, 2.05) is 0 Å². The Kier molecular flexibility index (Phi) is 4.97. The highest BCUT2D eigenvalue weighted by atomic mass is 16.5. The van der Waals surface area contributed by atoms with Gasteiger partial charge in [0.1, 0.15) is 0 Å². The number of hydrogen-bond acceptors (Lipinski definition) is 2. The summed E-state index contributed by atoms with van der Waals surface area (Å²) in [7, 11) is 0. The maximum atomic E-state index is 8.83. The van der Waals surface area contributed by atoms with E-state index in [4.69, 9.17) is 10.2 Å². The maximum Gasteiger partial charge on any atom is 0.151 e. The summed E-state index contributed by atoms with van der Waals surface area (Å²) in [5, 5.41) is 17.7. The minimum absolute atomic E-state index is 0.407. The molecule has 0 saturated carbocycles. The van der Waals surface area contributed by atoms with E-state index in [2.05, 4.69) is 39.0 Å². The summed E-state index contributed by atoms with van der Waals surface area (Å²) in [6.45, 7) is 6.51. The van der Waals surface area contributed by atoms with Gasteiger partial charge in [0.05, 0.1) is 0 Å². The third-order valence-corrected chi connectivity index (χ3v) is 2.72. The molecule has 90 valence electrons. The fraction of sp³-hybridized carbons (Fsp3) is 0.571. The number of aliphatic hydroxyl groups excluding tert-OH is 1. The predicted molar refractivity (Wildman–Crippen MR) is 66.3 cm³/mol. The first-order valence-electron chi connectivity index (χ1n) is 5.93. The van der Waals surface area contributed by atoms with E-state index in [0.717, 1.165) is 12.8 Å². The lowest BCUT2D eigenvalue weighted by Crippen LogP contribution is -2.06. The molecule has 0 aliphatic heterocycles. The smallest absolute Gasteiger partial charge is 0.151 e. The second-order valence-electron chi connectivity index (χ2n) is 4.88. The number of hydrogen-bond donors (Lipinski definition) is 2. The lowest BCUT2D eigenvalue weighted by atomic mass is 9.96. The van der Waals surface area contributed by atoms with Gasteiger partial charge in [0, 0.05) is 6.42 Å². The van der Waals surface area contributed by atoms with Crippen molar-refractivity contribution in [3.8, 4) is 0 Å². The van der Waals surface area contributed by atoms with E-state index in [1.165, 1.54) is 16.7 Å². The molecule has 0 aliphatic carbocycles. The second kappa shape index (κ2) is 6.02. The van der Waals surface area contributed by atoms with Crippen molar-refractivity contribution in [2.75, 3.05) is 0 Å². The molecule has 1 rings (SSSR count). The molecule has 16 heavy (non-hydrogen) atoms. The van der Waals surface area contributed by atoms with Gasteiger partial charge in [-0.1, -0.05) is 32.0 Å². The average Bonchev–Trinajstić information content (AvgIpc) is 2.15. The van der Waals surface area contributed by atoms with Gasteiger partial charge in [-0.05, 0) is 42.4 Å². The summed E-state index contributed by atoms with van der Waals surface area (Å²) in [4.78, 5) is 0. The Morgan fingerprint density at radius 3 is 2.38 bits per heavy atom. The molecule has 0 radical (unpaired) electrons. The third kappa shape index (κ3) is 4.33. The molecule has 0 fully saturated rings. The first kappa shape index (κ1) is 13.2. The quantitative estimate of drug-likeness (QED) is 0.751. The van der Waals surface area contributed by atoms with E-state index >= 15 is 0 Å². The van der Waals surface area contributed by atoms with Crippen LogP contribution in [0.1, 0.15) is 37.0 Å². The minimum Gasteiger partial charge on any atom is -0.368 e. The molecule has 0 saturated heterocycles. The van der Waals surface area contributed by atoms with Crippen LogP contribution >= 0.6 is 0 Å². The molecule has 2 heteroatoms. The van der Waals surface area contributed by atoms with Crippen LogP contribution in [0.2, 0.25) is 0 Å². The Bertz CT molecular complexity index is 330. The molecule has 0 spiro atoms. The van der Waals surface area contributed by atoms with Crippen molar-refractivity contribution in [2.24, 2.45) is 5.92 Å². The van der Waals surface area contributed by atoms with E-state index in [1.54, 1.807) is 0 Å². The SMILES string of the molecule is Cc1cc(CC(C)C)ccc1CCC(O)O. The second-order valence-corrected chi connectivity index (χ2v) is 4.88. The van der Waals surface area contributed by atoms with Crippen molar-refractivity contribution in [1.82, 2.24) is 0 Å². The zero-order valence-corrected chi connectivity index (χ0v) is 10.4. The van der Waals surface area contributed by atoms with Crippen LogP contribution in [-0.4, -0.2) is 16.5 Å². The van der Waals surface area contributed by atoms with Crippen LogP contribution in [0.15, 0.2) is 18.2 Å². The normalized spacial score (nSPS) is 11.4. The van der Waals surface area contributed by atoms with Crippen LogP contribution in [0.3, 0.4) is 0 Å². The molecule has 2 N–H and O–H groups in total. The van der Waals surface area contributed by atoms with Gasteiger partial charge in [-0.25, -0.2) is 0 Å². The topological polar surface area (TPSA) is 40.5 Å². The minimum atomic E-state index is -1.20. The molecule has 0 aromatic heterocycles. The summed E-state index contributed by atoms with van der Waals surface area (Å²) in [5.41, 5.74) is 3.82. The first-order valence-corrected chi connectivity index (χ1v) is 5.93. The molecule has 1 aromatic rings. The highest BCUT2D eigenvalue weighted by Crippen LogP contribution is 2.16. The van der Waals surface area contributed by atoms with Crippen LogP contribution in [0, 0.1) is 12.8 Å². The average molecular weight is 222 g/mol. The summed E-state index contributed by atoms with van der Waals surface area (Å²) in [6.07, 6.45) is 1.04. The van der Waals surface area contributed by atoms with Gasteiger partial charge in [0.15, 0.2) is 6.29 Å². The standard InChI is InChI=1S/C14H22O2/c1-10(2)8-12-4-5-13(11(3)9-12)6-7-14(15)16/h4-5,9-10,14-16H,6-8H2,1-3H3. The molecule has 0 amide bonds. The lowest BCUT2D eigenvalue weighted by Gasteiger charge is -2.10. The van der Waals surface area contributed by atoms with Crippen molar-refractivity contribution >= 4 is 0 Å². The Hall–Kier alpha value is -0.860. The lowest BCUT2D eigenvalue weighted by molar-refractivity contribution is -0.0447. The van der Waals surface area contributed by atoms with Crippen LogP contribution in [0.4, 0.5) is 0 Å². The molecule has 0 aliphatic rings. The van der Waals surface area contributed by atoms with Gasteiger partial charge in [-0.2, -0.15) is 0 Å². The molecule has 0 unspecified atom stereocenters. The molecular formula is C14H22O2. The van der Waals surface area contributed by atoms with Crippen molar-refractivity contribution < 1.29 is 10.2 Å². The number of aliphatic hydroxyl groups is 2. The Morgan fingerprint density at radius 2 is 1.88 bits per heavy atom. The Balaban J connectivity index is 2.67. The van der Waals surface area contributed by atoms with Crippen molar-refractivity contribution in [3.05, 3.63) is 34.9 Å². The number of benzene rings is 1. The van der Waals surface area contributed by atoms with E-state index in [9.17, 15) is 0 Å². The molecule has 0 atom stereocenters. The largest absolute Gasteiger partial charge is 0.368 e. The van der Waals surface area contributed by atoms with Crippen molar-refractivity contribution in [1.29, 1.82) is 0 Å². The van der Waals surface area contributed by atoms with Gasteiger partial charge in [0.25, 0.3) is 0 Å². The molecule has 2 nitrogen and oxygen atoms in total. The van der Waals surface area contributed by atoms with Gasteiger partial charge in [-0.3, -0.25) is 0 Å². The fourth-order valence-electron chi connectivity index (χ4n) is 1.92. The summed E-state index contributed by atoms with van der Waals surface area (Å²) in [6, 6.07) is 6.46. The zero-order valence-electron chi connectivity index (χ0n) is 10.4. The van der Waals surface area contributed by atoms with Gasteiger partial charge in [0.2, 0.25) is 0 Å². The van der Waals surface area contributed by atoms with Gasteiger partial charge >= 0.3 is 0 Å². The summed E-state index contributed by atoms with van der Waals surface area (Å²) in [5.74, 6) is 0.671. The third-order valence-electron chi connectivity index (χ3n) is 2.72. The molecule has 0 bridgehead atoms. The number of aryl methyl sites for hydroxylation is 2. The Morgan fingerprint density at radius 1 is 1.19 bits per heavy atom. The van der Waals surface area contributed by atoms with Gasteiger partial charge in [-0.15, -0.1) is 0 Å². The summed E-state index contributed by atoms with van der Waals surface area (Å²) >= 11 is 0. The van der Waals surface area contributed by atoms with Crippen molar-refractivity contribution in [2.45, 2.75) is 46.3 Å². The molecule has 1 aromatic carbocycles. The molecule has 0 heterocycles. The fourth-order valence-corrected chi connectivity index (χ4v) is 1.92. The number of rotatable bonds is 5. The van der Waals surface area contributed by atoms with Crippen LogP contribution in [-0.2, 0) is 12.8 Å².